The first-order chi connectivity index (χ1) is 6.89. The number of alkyl carbamates (subject to hydrolysis) is 1. The fraction of sp³-hybridized carbons (Fsp3) is 0.917. The van der Waals surface area contributed by atoms with Crippen LogP contribution >= 0.6 is 0 Å². The molecule has 1 amide bonds. The van der Waals surface area contributed by atoms with Crippen molar-refractivity contribution in [1.29, 1.82) is 0 Å². The first-order valence-electron chi connectivity index (χ1n) is 5.87. The van der Waals surface area contributed by atoms with Gasteiger partial charge in [-0.1, -0.05) is 34.6 Å². The molecule has 1 N–H and O–H groups in total. The van der Waals surface area contributed by atoms with Crippen molar-refractivity contribution in [3.63, 3.8) is 0 Å². The van der Waals surface area contributed by atoms with E-state index in [0.29, 0.717) is 0 Å². The second-order valence-corrected chi connectivity index (χ2v) is 4.84. The second-order valence-electron chi connectivity index (χ2n) is 4.84. The van der Waals surface area contributed by atoms with Crippen LogP contribution in [0.4, 0.5) is 4.79 Å². The molecule has 1 unspecified atom stereocenters. The number of hydrogen-bond acceptors (Lipinski definition) is 2. The van der Waals surface area contributed by atoms with Crippen LogP contribution in [0.2, 0.25) is 0 Å². The summed E-state index contributed by atoms with van der Waals surface area (Å²) in [7, 11) is 0. The Balaban J connectivity index is 0.000000921. The van der Waals surface area contributed by atoms with E-state index in [1.807, 2.05) is 20.8 Å². The lowest BCUT2D eigenvalue weighted by atomic mass is 9.88. The maximum absolute atomic E-state index is 11.2. The monoisotopic (exact) mass is 215 g/mol. The van der Waals surface area contributed by atoms with E-state index in [0.717, 1.165) is 12.8 Å². The van der Waals surface area contributed by atoms with Crippen molar-refractivity contribution in [2.75, 3.05) is 0 Å². The average molecular weight is 215 g/mol. The number of nitrogens with one attached hydrogen (secondary N) is 1. The minimum absolute atomic E-state index is 0.0859. The first kappa shape index (κ1) is 14.3. The van der Waals surface area contributed by atoms with Crippen LogP contribution in [0.25, 0.3) is 0 Å². The van der Waals surface area contributed by atoms with Crippen LogP contribution in [-0.2, 0) is 4.74 Å². The summed E-state index contributed by atoms with van der Waals surface area (Å²) >= 11 is 0. The van der Waals surface area contributed by atoms with Crippen LogP contribution < -0.4 is 5.32 Å². The fourth-order valence-electron chi connectivity index (χ4n) is 0.765. The third-order valence-electron chi connectivity index (χ3n) is 2.43. The normalized spacial score (nSPS) is 17.2. The molecule has 90 valence electrons. The Labute approximate surface area is 93.6 Å². The van der Waals surface area contributed by atoms with Crippen molar-refractivity contribution in [2.24, 2.45) is 5.41 Å². The molecule has 0 aromatic heterocycles. The van der Waals surface area contributed by atoms with E-state index in [1.54, 1.807) is 0 Å². The standard InChI is InChI=1S/C10H19NO2.C2H6/c1-7(10(2,3)4)11-9(12)13-8-5-6-8;1-2/h7-8H,5-6H2,1-4H3,(H,11,12);1-2H3. The zero-order chi connectivity index (χ0) is 12.1. The Bertz CT molecular complexity index is 192. The maximum Gasteiger partial charge on any atom is 0.407 e. The lowest BCUT2D eigenvalue weighted by molar-refractivity contribution is 0.127. The highest BCUT2D eigenvalue weighted by Gasteiger charge is 2.28. The molecule has 0 heterocycles. The van der Waals surface area contributed by atoms with Gasteiger partial charge in [-0.2, -0.15) is 0 Å². The SMILES string of the molecule is CC.CC(NC(=O)OC1CC1)C(C)(C)C. The van der Waals surface area contributed by atoms with E-state index in [1.165, 1.54) is 0 Å². The van der Waals surface area contributed by atoms with Crippen molar-refractivity contribution >= 4 is 6.09 Å². The molecule has 0 aromatic rings. The molecular weight excluding hydrogens is 190 g/mol. The molecule has 0 saturated heterocycles. The van der Waals surface area contributed by atoms with Crippen molar-refractivity contribution < 1.29 is 9.53 Å². The Kier molecular flexibility index (Phi) is 5.69. The summed E-state index contributed by atoms with van der Waals surface area (Å²) in [5.74, 6) is 0. The highest BCUT2D eigenvalue weighted by Crippen LogP contribution is 2.24. The topological polar surface area (TPSA) is 38.3 Å². The van der Waals surface area contributed by atoms with Gasteiger partial charge in [-0.3, -0.25) is 0 Å². The molecule has 3 nitrogen and oxygen atoms in total. The number of hydrogen-bond donors (Lipinski definition) is 1. The summed E-state index contributed by atoms with van der Waals surface area (Å²) < 4.78 is 5.08. The van der Waals surface area contributed by atoms with E-state index in [4.69, 9.17) is 4.74 Å². The molecule has 3 heteroatoms. The van der Waals surface area contributed by atoms with Gasteiger partial charge in [0.1, 0.15) is 6.10 Å². The third-order valence-corrected chi connectivity index (χ3v) is 2.43. The van der Waals surface area contributed by atoms with Crippen LogP contribution in [0.5, 0.6) is 0 Å². The predicted molar refractivity (Wildman–Crippen MR) is 62.9 cm³/mol. The summed E-state index contributed by atoms with van der Waals surface area (Å²) in [6.07, 6.45) is 1.96. The van der Waals surface area contributed by atoms with Crippen LogP contribution in [0.1, 0.15) is 54.4 Å². The van der Waals surface area contributed by atoms with Gasteiger partial charge in [0, 0.05) is 6.04 Å². The largest absolute Gasteiger partial charge is 0.446 e. The molecule has 0 spiro atoms. The minimum atomic E-state index is -0.273. The number of ether oxygens (including phenoxy) is 1. The molecule has 0 bridgehead atoms. The molecule has 1 rings (SSSR count). The Morgan fingerprint density at radius 1 is 1.33 bits per heavy atom. The Hall–Kier alpha value is -0.730. The Morgan fingerprint density at radius 2 is 1.80 bits per heavy atom. The summed E-state index contributed by atoms with van der Waals surface area (Å²) in [6, 6.07) is 0.138. The molecule has 1 saturated carbocycles. The molecule has 1 aliphatic rings. The van der Waals surface area contributed by atoms with Crippen LogP contribution in [-0.4, -0.2) is 18.2 Å². The molecule has 1 aliphatic carbocycles. The summed E-state index contributed by atoms with van der Waals surface area (Å²) in [5.41, 5.74) is 0.0859. The highest BCUT2D eigenvalue weighted by molar-refractivity contribution is 5.68. The summed E-state index contributed by atoms with van der Waals surface area (Å²) in [6.45, 7) is 12.3. The van der Waals surface area contributed by atoms with Gasteiger partial charge in [-0.05, 0) is 25.2 Å². The van der Waals surface area contributed by atoms with E-state index in [2.05, 4.69) is 26.1 Å². The Morgan fingerprint density at radius 3 is 2.13 bits per heavy atom. The van der Waals surface area contributed by atoms with E-state index in [-0.39, 0.29) is 23.7 Å². The number of carbonyl (C=O) groups excluding carboxylic acids is 1. The first-order valence-corrected chi connectivity index (χ1v) is 5.87. The zero-order valence-corrected chi connectivity index (χ0v) is 10.9. The summed E-state index contributed by atoms with van der Waals surface area (Å²) in [4.78, 5) is 11.2. The van der Waals surface area contributed by atoms with Crippen molar-refractivity contribution in [2.45, 2.75) is 66.5 Å². The highest BCUT2D eigenvalue weighted by atomic mass is 16.6. The molecule has 15 heavy (non-hydrogen) atoms. The molecule has 0 aliphatic heterocycles. The van der Waals surface area contributed by atoms with Crippen molar-refractivity contribution in [3.8, 4) is 0 Å². The molecule has 0 radical (unpaired) electrons. The second kappa shape index (κ2) is 5.99. The van der Waals surface area contributed by atoms with E-state index in [9.17, 15) is 4.79 Å². The zero-order valence-electron chi connectivity index (χ0n) is 10.9. The van der Waals surface area contributed by atoms with Gasteiger partial charge in [-0.25, -0.2) is 4.79 Å². The molecule has 1 fully saturated rings. The van der Waals surface area contributed by atoms with Gasteiger partial charge in [-0.15, -0.1) is 0 Å². The number of carbonyl (C=O) groups is 1. The predicted octanol–water partition coefficient (Wildman–Crippen LogP) is 3.34. The van der Waals surface area contributed by atoms with Gasteiger partial charge in [0.15, 0.2) is 0 Å². The lowest BCUT2D eigenvalue weighted by Gasteiger charge is -2.27. The van der Waals surface area contributed by atoms with Crippen LogP contribution in [0.15, 0.2) is 0 Å². The van der Waals surface area contributed by atoms with Crippen LogP contribution in [0, 0.1) is 5.41 Å². The third kappa shape index (κ3) is 6.37. The van der Waals surface area contributed by atoms with E-state index >= 15 is 0 Å². The smallest absolute Gasteiger partial charge is 0.407 e. The van der Waals surface area contributed by atoms with Crippen molar-refractivity contribution in [3.05, 3.63) is 0 Å². The molecule has 0 aromatic carbocycles. The van der Waals surface area contributed by atoms with Gasteiger partial charge in [0.2, 0.25) is 0 Å². The van der Waals surface area contributed by atoms with Gasteiger partial charge in [0.25, 0.3) is 0 Å². The minimum Gasteiger partial charge on any atom is -0.446 e. The van der Waals surface area contributed by atoms with Gasteiger partial charge >= 0.3 is 6.09 Å². The molecular formula is C12H25NO2. The lowest BCUT2D eigenvalue weighted by Crippen LogP contribution is -2.41. The quantitative estimate of drug-likeness (QED) is 0.767. The maximum atomic E-state index is 11.2. The fourth-order valence-corrected chi connectivity index (χ4v) is 0.765. The average Bonchev–Trinajstić information content (AvgIpc) is 2.90. The van der Waals surface area contributed by atoms with Crippen molar-refractivity contribution in [1.82, 2.24) is 5.32 Å². The number of rotatable bonds is 2. The molecule has 1 atom stereocenters. The van der Waals surface area contributed by atoms with Gasteiger partial charge < -0.3 is 10.1 Å². The van der Waals surface area contributed by atoms with Gasteiger partial charge in [0.05, 0.1) is 0 Å². The summed E-state index contributed by atoms with van der Waals surface area (Å²) in [5, 5.41) is 2.83. The van der Waals surface area contributed by atoms with E-state index < -0.39 is 0 Å². The van der Waals surface area contributed by atoms with Crippen LogP contribution in [0.3, 0.4) is 0 Å². The number of amides is 1.